The van der Waals surface area contributed by atoms with Crippen molar-refractivity contribution >= 4 is 5.91 Å². The summed E-state index contributed by atoms with van der Waals surface area (Å²) in [5.41, 5.74) is 0. The normalized spacial score (nSPS) is 17.3. The highest BCUT2D eigenvalue weighted by Crippen LogP contribution is 2.15. The van der Waals surface area contributed by atoms with Gasteiger partial charge in [-0.15, -0.1) is 0 Å². The molecule has 3 heteroatoms. The molecule has 15 heavy (non-hydrogen) atoms. The van der Waals surface area contributed by atoms with Crippen molar-refractivity contribution in [3.8, 4) is 0 Å². The van der Waals surface area contributed by atoms with Crippen LogP contribution in [0, 0.1) is 5.92 Å². The molecule has 1 fully saturated rings. The number of likely N-dealkylation sites (tertiary alicyclic amines) is 1. The fourth-order valence-electron chi connectivity index (χ4n) is 1.63. The van der Waals surface area contributed by atoms with Crippen molar-refractivity contribution in [2.45, 2.75) is 33.6 Å². The third-order valence-electron chi connectivity index (χ3n) is 2.59. The smallest absolute Gasteiger partial charge is 0.236 e. The lowest BCUT2D eigenvalue weighted by Crippen LogP contribution is -2.42. The Bertz CT molecular complexity index is 172. The average Bonchev–Trinajstić information content (AvgIpc) is 2.20. The Morgan fingerprint density at radius 1 is 1.27 bits per heavy atom. The van der Waals surface area contributed by atoms with Crippen LogP contribution in [0.1, 0.15) is 33.6 Å². The van der Waals surface area contributed by atoms with Crippen molar-refractivity contribution in [2.24, 2.45) is 5.92 Å². The Balaban J connectivity index is 0.000000921. The van der Waals surface area contributed by atoms with Gasteiger partial charge in [-0.1, -0.05) is 20.8 Å². The number of rotatable bonds is 2. The van der Waals surface area contributed by atoms with Gasteiger partial charge in [0.15, 0.2) is 0 Å². The molecule has 0 aromatic carbocycles. The second kappa shape index (κ2) is 7.69. The predicted octanol–water partition coefficient (Wildman–Crippen LogP) is 1.83. The quantitative estimate of drug-likeness (QED) is 0.700. The van der Waals surface area contributed by atoms with Crippen LogP contribution in [0.3, 0.4) is 0 Å². The van der Waals surface area contributed by atoms with Crippen molar-refractivity contribution in [1.29, 1.82) is 0 Å². The molecule has 0 N–H and O–H groups in total. The minimum Gasteiger partial charge on any atom is -0.342 e. The van der Waals surface area contributed by atoms with Gasteiger partial charge in [0.05, 0.1) is 6.54 Å². The van der Waals surface area contributed by atoms with Crippen LogP contribution in [-0.2, 0) is 4.79 Å². The van der Waals surface area contributed by atoms with Crippen LogP contribution in [0.25, 0.3) is 0 Å². The Morgan fingerprint density at radius 2 is 1.73 bits per heavy atom. The van der Waals surface area contributed by atoms with Crippen LogP contribution in [-0.4, -0.2) is 49.4 Å². The number of carbonyl (C=O) groups is 1. The predicted molar refractivity (Wildman–Crippen MR) is 64.9 cm³/mol. The molecule has 1 saturated heterocycles. The Kier molecular flexibility index (Phi) is 7.39. The Labute approximate surface area is 94.4 Å². The monoisotopic (exact) mass is 214 g/mol. The molecule has 1 heterocycles. The molecule has 1 rings (SSSR count). The molecule has 1 aliphatic rings. The highest BCUT2D eigenvalue weighted by Gasteiger charge is 2.19. The molecule has 1 aliphatic heterocycles. The number of piperidine rings is 1. The van der Waals surface area contributed by atoms with Crippen LogP contribution in [0.2, 0.25) is 0 Å². The van der Waals surface area contributed by atoms with Crippen molar-refractivity contribution in [3.63, 3.8) is 0 Å². The molecular weight excluding hydrogens is 188 g/mol. The highest BCUT2D eigenvalue weighted by atomic mass is 16.2. The number of amides is 1. The van der Waals surface area contributed by atoms with Gasteiger partial charge in [-0.2, -0.15) is 0 Å². The van der Waals surface area contributed by atoms with Gasteiger partial charge in [0.2, 0.25) is 5.91 Å². The van der Waals surface area contributed by atoms with E-state index in [4.69, 9.17) is 0 Å². The minimum atomic E-state index is 0.275. The molecule has 3 nitrogen and oxygen atoms in total. The topological polar surface area (TPSA) is 23.6 Å². The standard InChI is InChI=1S/C10H20N2O.C2H6/c1-9-4-6-12(7-5-9)10(13)8-11(2)3;1-2/h9H,4-8H2,1-3H3;1-2H3. The summed E-state index contributed by atoms with van der Waals surface area (Å²) in [5, 5.41) is 0. The van der Waals surface area contributed by atoms with E-state index in [1.807, 2.05) is 37.7 Å². The zero-order chi connectivity index (χ0) is 11.8. The summed E-state index contributed by atoms with van der Waals surface area (Å²) in [6.45, 7) is 8.71. The first-order valence-electron chi connectivity index (χ1n) is 6.02. The largest absolute Gasteiger partial charge is 0.342 e. The van der Waals surface area contributed by atoms with Crippen molar-refractivity contribution in [2.75, 3.05) is 33.7 Å². The second-order valence-electron chi connectivity index (χ2n) is 4.30. The summed E-state index contributed by atoms with van der Waals surface area (Å²) < 4.78 is 0. The van der Waals surface area contributed by atoms with E-state index in [2.05, 4.69) is 6.92 Å². The maximum atomic E-state index is 11.6. The molecular formula is C12H26N2O. The maximum Gasteiger partial charge on any atom is 0.236 e. The number of hydrogen-bond donors (Lipinski definition) is 0. The molecule has 0 aromatic heterocycles. The first-order chi connectivity index (χ1) is 7.09. The van der Waals surface area contributed by atoms with Crippen LogP contribution in [0.4, 0.5) is 0 Å². The van der Waals surface area contributed by atoms with E-state index < -0.39 is 0 Å². The molecule has 0 atom stereocenters. The Morgan fingerprint density at radius 3 is 2.13 bits per heavy atom. The lowest BCUT2D eigenvalue weighted by atomic mass is 9.99. The number of carbonyl (C=O) groups excluding carboxylic acids is 1. The van der Waals surface area contributed by atoms with E-state index in [1.54, 1.807) is 0 Å². The average molecular weight is 214 g/mol. The SMILES string of the molecule is CC.CC1CCN(C(=O)CN(C)C)CC1. The van der Waals surface area contributed by atoms with E-state index in [1.165, 1.54) is 12.8 Å². The molecule has 0 saturated carbocycles. The van der Waals surface area contributed by atoms with Gasteiger partial charge < -0.3 is 9.80 Å². The number of likely N-dealkylation sites (N-methyl/N-ethyl adjacent to an activating group) is 1. The minimum absolute atomic E-state index is 0.275. The van der Waals surface area contributed by atoms with Gasteiger partial charge in [0.1, 0.15) is 0 Å². The van der Waals surface area contributed by atoms with Crippen LogP contribution >= 0.6 is 0 Å². The van der Waals surface area contributed by atoms with Crippen molar-refractivity contribution < 1.29 is 4.79 Å². The molecule has 0 aliphatic carbocycles. The zero-order valence-corrected chi connectivity index (χ0v) is 10.9. The molecule has 1 amide bonds. The summed E-state index contributed by atoms with van der Waals surface area (Å²) in [4.78, 5) is 15.5. The van der Waals surface area contributed by atoms with E-state index in [9.17, 15) is 4.79 Å². The summed E-state index contributed by atoms with van der Waals surface area (Å²) in [6.07, 6.45) is 2.33. The van der Waals surface area contributed by atoms with Crippen LogP contribution in [0.15, 0.2) is 0 Å². The summed E-state index contributed by atoms with van der Waals surface area (Å²) in [5.74, 6) is 1.07. The maximum absolute atomic E-state index is 11.6. The van der Waals surface area contributed by atoms with E-state index in [0.29, 0.717) is 6.54 Å². The van der Waals surface area contributed by atoms with E-state index >= 15 is 0 Å². The lowest BCUT2D eigenvalue weighted by molar-refractivity contribution is -0.133. The fraction of sp³-hybridized carbons (Fsp3) is 0.917. The van der Waals surface area contributed by atoms with Gasteiger partial charge in [-0.05, 0) is 32.9 Å². The van der Waals surface area contributed by atoms with Crippen molar-refractivity contribution in [3.05, 3.63) is 0 Å². The number of nitrogens with zero attached hydrogens (tertiary/aromatic N) is 2. The molecule has 0 unspecified atom stereocenters. The van der Waals surface area contributed by atoms with Gasteiger partial charge >= 0.3 is 0 Å². The molecule has 0 bridgehead atoms. The number of hydrogen-bond acceptors (Lipinski definition) is 2. The van der Waals surface area contributed by atoms with E-state index in [-0.39, 0.29) is 5.91 Å². The molecule has 0 aromatic rings. The van der Waals surface area contributed by atoms with Gasteiger partial charge in [-0.25, -0.2) is 0 Å². The summed E-state index contributed by atoms with van der Waals surface area (Å²) >= 11 is 0. The molecule has 0 spiro atoms. The summed E-state index contributed by atoms with van der Waals surface area (Å²) in [6, 6.07) is 0. The molecule has 90 valence electrons. The van der Waals surface area contributed by atoms with Gasteiger partial charge in [0.25, 0.3) is 0 Å². The van der Waals surface area contributed by atoms with Crippen molar-refractivity contribution in [1.82, 2.24) is 9.80 Å². The zero-order valence-electron chi connectivity index (χ0n) is 10.9. The fourth-order valence-corrected chi connectivity index (χ4v) is 1.63. The summed E-state index contributed by atoms with van der Waals surface area (Å²) in [7, 11) is 3.87. The second-order valence-corrected chi connectivity index (χ2v) is 4.30. The van der Waals surface area contributed by atoms with Gasteiger partial charge in [0, 0.05) is 13.1 Å². The van der Waals surface area contributed by atoms with Crippen LogP contribution in [0.5, 0.6) is 0 Å². The lowest BCUT2D eigenvalue weighted by Gasteiger charge is -2.31. The Hall–Kier alpha value is -0.570. The highest BCUT2D eigenvalue weighted by molar-refractivity contribution is 5.78. The third kappa shape index (κ3) is 5.78. The van der Waals surface area contributed by atoms with Crippen LogP contribution < -0.4 is 0 Å². The first kappa shape index (κ1) is 14.4. The first-order valence-corrected chi connectivity index (χ1v) is 6.02. The van der Waals surface area contributed by atoms with E-state index in [0.717, 1.165) is 19.0 Å². The molecule has 0 radical (unpaired) electrons. The third-order valence-corrected chi connectivity index (χ3v) is 2.59. The van der Waals surface area contributed by atoms with Gasteiger partial charge in [-0.3, -0.25) is 4.79 Å².